The zero-order chi connectivity index (χ0) is 21.5. The van der Waals surface area contributed by atoms with Gasteiger partial charge in [0.2, 0.25) is 0 Å². The standard InChI is InChI=1S/C25H40O5/c1-6-17-8-10-18(11-9-17)23(26)29-19-13-14-25(15-28-25)22(21(19)27-5)24(4)20(30-24)12-7-16(2)3/h7,17-22H,6,8-15H2,1-5H3/t17?,18?,19-,20-,21-,22-,24+,25+/m1/s1. The summed E-state index contributed by atoms with van der Waals surface area (Å²) in [4.78, 5) is 13.0. The summed E-state index contributed by atoms with van der Waals surface area (Å²) >= 11 is 0. The molecule has 2 aliphatic heterocycles. The minimum atomic E-state index is -0.284. The molecule has 170 valence electrons. The molecule has 2 heterocycles. The Hall–Kier alpha value is -0.910. The third kappa shape index (κ3) is 4.22. The van der Waals surface area contributed by atoms with Crippen molar-refractivity contribution in [1.29, 1.82) is 0 Å². The SMILES string of the molecule is CCC1CCC(C(=O)O[C@@H]2CC[C@]3(CO3)[C@@H]([C@@]3(C)O[C@@H]3CC=C(C)C)[C@@H]2OC)CC1. The van der Waals surface area contributed by atoms with Crippen LogP contribution in [-0.4, -0.2) is 49.2 Å². The quantitative estimate of drug-likeness (QED) is 0.336. The monoisotopic (exact) mass is 420 g/mol. The average molecular weight is 421 g/mol. The van der Waals surface area contributed by atoms with Crippen molar-refractivity contribution in [2.45, 2.75) is 109 Å². The van der Waals surface area contributed by atoms with E-state index in [1.54, 1.807) is 7.11 Å². The van der Waals surface area contributed by atoms with E-state index in [0.29, 0.717) is 0 Å². The fraction of sp³-hybridized carbons (Fsp3) is 0.880. The van der Waals surface area contributed by atoms with Gasteiger partial charge in [-0.3, -0.25) is 4.79 Å². The summed E-state index contributed by atoms with van der Waals surface area (Å²) in [6, 6.07) is 0. The average Bonchev–Trinajstić information content (AvgIpc) is 3.65. The highest BCUT2D eigenvalue weighted by Gasteiger charge is 2.72. The number of rotatable bonds is 7. The van der Waals surface area contributed by atoms with Crippen LogP contribution in [-0.2, 0) is 23.7 Å². The molecule has 4 fully saturated rings. The topological polar surface area (TPSA) is 60.6 Å². The molecule has 0 N–H and O–H groups in total. The largest absolute Gasteiger partial charge is 0.459 e. The van der Waals surface area contributed by atoms with Crippen LogP contribution < -0.4 is 0 Å². The Bertz CT molecular complexity index is 656. The van der Waals surface area contributed by atoms with E-state index < -0.39 is 0 Å². The van der Waals surface area contributed by atoms with Gasteiger partial charge in [-0.15, -0.1) is 0 Å². The summed E-state index contributed by atoms with van der Waals surface area (Å²) in [5.41, 5.74) is 0.853. The van der Waals surface area contributed by atoms with Crippen molar-refractivity contribution >= 4 is 5.97 Å². The minimum absolute atomic E-state index is 0.0222. The van der Waals surface area contributed by atoms with Gasteiger partial charge in [-0.1, -0.05) is 25.0 Å². The molecule has 0 aromatic rings. The van der Waals surface area contributed by atoms with Gasteiger partial charge in [0, 0.05) is 7.11 Å². The third-order valence-electron chi connectivity index (χ3n) is 8.26. The lowest BCUT2D eigenvalue weighted by Gasteiger charge is -2.43. The van der Waals surface area contributed by atoms with Gasteiger partial charge in [-0.05, 0) is 71.6 Å². The van der Waals surface area contributed by atoms with Crippen LogP contribution in [0.25, 0.3) is 0 Å². The van der Waals surface area contributed by atoms with Crippen molar-refractivity contribution in [1.82, 2.24) is 0 Å². The number of esters is 1. The molecule has 4 aliphatic rings. The number of hydrogen-bond acceptors (Lipinski definition) is 5. The second kappa shape index (κ2) is 8.55. The first kappa shape index (κ1) is 22.3. The van der Waals surface area contributed by atoms with Crippen LogP contribution in [0, 0.1) is 17.8 Å². The Morgan fingerprint density at radius 3 is 2.43 bits per heavy atom. The molecule has 4 rings (SSSR count). The highest BCUT2D eigenvalue weighted by molar-refractivity contribution is 5.72. The Balaban J connectivity index is 1.43. The molecular weight excluding hydrogens is 380 g/mol. The number of allylic oxidation sites excluding steroid dienone is 1. The van der Waals surface area contributed by atoms with Gasteiger partial charge in [0.25, 0.3) is 0 Å². The molecular formula is C25H40O5. The van der Waals surface area contributed by atoms with Crippen LogP contribution in [0.15, 0.2) is 11.6 Å². The molecule has 2 saturated heterocycles. The second-order valence-corrected chi connectivity index (χ2v) is 10.5. The number of carbonyl (C=O) groups excluding carboxylic acids is 1. The van der Waals surface area contributed by atoms with Crippen molar-refractivity contribution in [3.8, 4) is 0 Å². The van der Waals surface area contributed by atoms with Gasteiger partial charge in [0.15, 0.2) is 0 Å². The zero-order valence-corrected chi connectivity index (χ0v) is 19.4. The smallest absolute Gasteiger partial charge is 0.309 e. The molecule has 0 aromatic carbocycles. The van der Waals surface area contributed by atoms with Gasteiger partial charge in [-0.25, -0.2) is 0 Å². The van der Waals surface area contributed by atoms with Crippen LogP contribution in [0.2, 0.25) is 0 Å². The molecule has 30 heavy (non-hydrogen) atoms. The molecule has 0 unspecified atom stereocenters. The molecule has 0 radical (unpaired) electrons. The van der Waals surface area contributed by atoms with Gasteiger partial charge >= 0.3 is 5.97 Å². The Kier molecular flexibility index (Phi) is 6.36. The van der Waals surface area contributed by atoms with E-state index >= 15 is 0 Å². The molecule has 2 aliphatic carbocycles. The number of methoxy groups -OCH3 is 1. The Morgan fingerprint density at radius 2 is 1.87 bits per heavy atom. The summed E-state index contributed by atoms with van der Waals surface area (Å²) in [7, 11) is 1.74. The Labute approximate surface area is 181 Å². The minimum Gasteiger partial charge on any atom is -0.459 e. The zero-order valence-electron chi connectivity index (χ0n) is 19.4. The molecule has 5 heteroatoms. The van der Waals surface area contributed by atoms with Crippen LogP contribution >= 0.6 is 0 Å². The first-order valence-corrected chi connectivity index (χ1v) is 12.0. The van der Waals surface area contributed by atoms with Gasteiger partial charge in [0.1, 0.15) is 23.4 Å². The van der Waals surface area contributed by atoms with Crippen LogP contribution in [0.3, 0.4) is 0 Å². The maximum absolute atomic E-state index is 13.0. The summed E-state index contributed by atoms with van der Waals surface area (Å²) in [6.45, 7) is 9.43. The molecule has 0 bridgehead atoms. The van der Waals surface area contributed by atoms with E-state index in [1.165, 1.54) is 12.0 Å². The van der Waals surface area contributed by atoms with Gasteiger partial charge < -0.3 is 18.9 Å². The van der Waals surface area contributed by atoms with Crippen molar-refractivity contribution in [2.75, 3.05) is 13.7 Å². The Morgan fingerprint density at radius 1 is 1.17 bits per heavy atom. The van der Waals surface area contributed by atoms with Crippen molar-refractivity contribution in [2.24, 2.45) is 17.8 Å². The lowest BCUT2D eigenvalue weighted by Crippen LogP contribution is -2.55. The van der Waals surface area contributed by atoms with Crippen molar-refractivity contribution in [3.05, 3.63) is 11.6 Å². The molecule has 6 atom stereocenters. The highest BCUT2D eigenvalue weighted by atomic mass is 16.6. The summed E-state index contributed by atoms with van der Waals surface area (Å²) in [5, 5.41) is 0. The van der Waals surface area contributed by atoms with E-state index in [-0.39, 0.29) is 47.3 Å². The van der Waals surface area contributed by atoms with E-state index in [1.807, 2.05) is 0 Å². The third-order valence-corrected chi connectivity index (χ3v) is 8.26. The van der Waals surface area contributed by atoms with Crippen molar-refractivity contribution < 1.29 is 23.7 Å². The van der Waals surface area contributed by atoms with Crippen molar-refractivity contribution in [3.63, 3.8) is 0 Å². The highest BCUT2D eigenvalue weighted by Crippen LogP contribution is 2.59. The predicted octanol–water partition coefficient (Wildman–Crippen LogP) is 4.82. The fourth-order valence-electron chi connectivity index (χ4n) is 6.12. The number of epoxide rings is 2. The molecule has 5 nitrogen and oxygen atoms in total. The van der Waals surface area contributed by atoms with Gasteiger partial charge in [0.05, 0.1) is 24.5 Å². The van der Waals surface area contributed by atoms with Crippen LogP contribution in [0.5, 0.6) is 0 Å². The van der Waals surface area contributed by atoms with Crippen LogP contribution in [0.1, 0.15) is 79.1 Å². The molecule has 0 aromatic heterocycles. The van der Waals surface area contributed by atoms with E-state index in [4.69, 9.17) is 18.9 Å². The first-order valence-electron chi connectivity index (χ1n) is 12.0. The number of hydrogen-bond donors (Lipinski definition) is 0. The molecule has 2 saturated carbocycles. The predicted molar refractivity (Wildman–Crippen MR) is 115 cm³/mol. The fourth-order valence-corrected chi connectivity index (χ4v) is 6.12. The van der Waals surface area contributed by atoms with Crippen LogP contribution in [0.4, 0.5) is 0 Å². The van der Waals surface area contributed by atoms with E-state index in [2.05, 4.69) is 33.8 Å². The van der Waals surface area contributed by atoms with E-state index in [9.17, 15) is 4.79 Å². The normalized spacial score (nSPS) is 45.1. The summed E-state index contributed by atoms with van der Waals surface area (Å²) < 4.78 is 24.4. The summed E-state index contributed by atoms with van der Waals surface area (Å²) in [5.74, 6) is 0.894. The number of carbonyl (C=O) groups is 1. The summed E-state index contributed by atoms with van der Waals surface area (Å²) in [6.07, 6.45) is 10.1. The maximum Gasteiger partial charge on any atom is 0.309 e. The lowest BCUT2D eigenvalue weighted by molar-refractivity contribution is -0.177. The molecule has 0 amide bonds. The molecule has 1 spiro atoms. The second-order valence-electron chi connectivity index (χ2n) is 10.5. The lowest BCUT2D eigenvalue weighted by atomic mass is 9.68. The number of ether oxygens (including phenoxy) is 4. The maximum atomic E-state index is 13.0. The first-order chi connectivity index (χ1) is 14.3. The van der Waals surface area contributed by atoms with E-state index in [0.717, 1.165) is 57.5 Å². The van der Waals surface area contributed by atoms with Gasteiger partial charge in [-0.2, -0.15) is 0 Å².